The third-order valence-electron chi connectivity index (χ3n) is 19.8. The van der Waals surface area contributed by atoms with Gasteiger partial charge in [-0.2, -0.15) is 0 Å². The summed E-state index contributed by atoms with van der Waals surface area (Å²) < 4.78 is 18.3. The van der Waals surface area contributed by atoms with Crippen LogP contribution in [0, 0.1) is 57.8 Å². The van der Waals surface area contributed by atoms with Crippen LogP contribution in [0.3, 0.4) is 0 Å². The largest absolute Gasteiger partial charge is 0.481 e. The molecule has 24 nitrogen and oxygen atoms in total. The molecule has 8 N–H and O–H groups in total. The molecule has 4 atom stereocenters. The summed E-state index contributed by atoms with van der Waals surface area (Å²) in [6, 6.07) is 13.5. The molecule has 31 heteroatoms. The number of aliphatic hydroxyl groups is 1. The van der Waals surface area contributed by atoms with E-state index in [2.05, 4.69) is 184 Å². The smallest absolute Gasteiger partial charge is 0.308 e. The number of ether oxygens (including phenoxy) is 2. The number of alkyl halides is 6. The van der Waals surface area contributed by atoms with E-state index in [1.54, 1.807) is 7.05 Å². The number of nitrogens with one attached hydrogen (secondary N) is 2. The van der Waals surface area contributed by atoms with Gasteiger partial charge in [0.2, 0.25) is 0 Å². The number of nitrogen functional groups attached to an aromatic ring is 1. The molecule has 4 fully saturated rings. The van der Waals surface area contributed by atoms with Crippen molar-refractivity contribution in [3.8, 4) is 0 Å². The van der Waals surface area contributed by atoms with Crippen molar-refractivity contribution >= 4 is 99.0 Å². The molecule has 0 unspecified atom stereocenters. The molecule has 6 aromatic rings. The van der Waals surface area contributed by atoms with Crippen LogP contribution >= 0.6 is 69.6 Å². The second kappa shape index (κ2) is 55.7. The van der Waals surface area contributed by atoms with Crippen LogP contribution < -0.4 is 22.1 Å². The standard InChI is InChI=1S/C25H38N4O.C19H33N3O2.C18H32N4O2.C16H28N4O2.C8H11N.2CHCl3.CH4O.CH3.Pd.H2/c1-17-9-10-19(18(2)14-17)15-21(30)16-22(26-6)24-28-27-23(29(24)20-11-12-20)8-7-13-25(3,4)5;1-13(2)8-7-9-16-20-21-18(22(16)15-10-11-15)14(3)12-17(23)24-19(4,5)6;1-12(2)7-6-8-15-20-21-17(22(15)13-9-10-13)14(19)11-16(23)24-18(3,4)5;1-16(2,3)9-5-6-13-18-19-15(20(13)11-7-8-11)12(17-4)10-14(21)22;1-6-3-4-8(9)7(2)5-6;2*2-1(3)4;1-2;;;/h9-10,14,20,22,26H,7-8,11-13,15-16H2,1-6H3;13-15H,7-12H2,1-6H3;12-14H,6-11,19H2,1-5H3;11-12,17H,5-10H2,1-4H3,(H,21,22);3-5H,9H2,1-2H3;2*1H;2H,1H3;1H3;;1H/q;;;;;;;;-1;;/t22-;2*14-;12-;;;;;;;/m0000......./s1. The number of halogens is 6. The molecule has 4 aliphatic carbocycles. The Kier molecular flexibility index (Phi) is 52.5. The van der Waals surface area contributed by atoms with Crippen molar-refractivity contribution < 1.29 is 60.7 Å². The van der Waals surface area contributed by atoms with Crippen LogP contribution in [0.25, 0.3) is 0 Å². The van der Waals surface area contributed by atoms with Crippen LogP contribution in [0.4, 0.5) is 5.69 Å². The molecule has 694 valence electrons. The van der Waals surface area contributed by atoms with Gasteiger partial charge in [-0.25, -0.2) is 0 Å². The van der Waals surface area contributed by atoms with Crippen molar-refractivity contribution in [2.24, 2.45) is 28.4 Å². The number of carbonyl (C=O) groups is 4. The first-order chi connectivity index (χ1) is 55.5. The minimum absolute atomic E-state index is 0. The van der Waals surface area contributed by atoms with Gasteiger partial charge in [0.05, 0.1) is 37.4 Å². The topological polar surface area (TPSA) is 326 Å². The minimum Gasteiger partial charge on any atom is -0.481 e. The van der Waals surface area contributed by atoms with E-state index >= 15 is 0 Å². The number of carboxylic acid groups (broad SMARTS) is 1. The Morgan fingerprint density at radius 1 is 0.496 bits per heavy atom. The summed E-state index contributed by atoms with van der Waals surface area (Å²) in [5, 5.41) is 57.7. The molecule has 4 heterocycles. The number of rotatable bonds is 34. The number of nitrogens with zero attached hydrogens (tertiary/aromatic N) is 12. The number of hydrogen-bond donors (Lipinski definition) is 6. The van der Waals surface area contributed by atoms with Crippen molar-refractivity contribution in [1.82, 2.24) is 69.7 Å². The van der Waals surface area contributed by atoms with Crippen molar-refractivity contribution in [3.05, 3.63) is 118 Å². The van der Waals surface area contributed by atoms with Gasteiger partial charge < -0.3 is 67.5 Å². The molecule has 4 aromatic heterocycles. The number of anilines is 1. The summed E-state index contributed by atoms with van der Waals surface area (Å²) in [6.45, 7) is 44.1. The first-order valence-electron chi connectivity index (χ1n) is 42.7. The van der Waals surface area contributed by atoms with E-state index in [9.17, 15) is 19.2 Å². The van der Waals surface area contributed by atoms with Crippen LogP contribution in [0.1, 0.15) is 370 Å². The van der Waals surface area contributed by atoms with Gasteiger partial charge in [-0.15, -0.1) is 40.8 Å². The van der Waals surface area contributed by atoms with E-state index in [1.807, 2.05) is 74.6 Å². The quantitative estimate of drug-likeness (QED) is 0.00718. The molecule has 0 amide bonds. The molecule has 0 radical (unpaired) electrons. The van der Waals surface area contributed by atoms with E-state index < -0.39 is 31.8 Å². The summed E-state index contributed by atoms with van der Waals surface area (Å²) in [6.07, 6.45) is 23.6. The molecule has 4 aliphatic rings. The Morgan fingerprint density at radius 3 is 1.14 bits per heavy atom. The molecule has 4 saturated carbocycles. The van der Waals surface area contributed by atoms with Crippen LogP contribution in [0.5, 0.6) is 0 Å². The number of esters is 2. The maximum Gasteiger partial charge on any atom is 0.308 e. The number of benzene rings is 2. The normalized spacial score (nSPS) is 14.7. The number of aromatic nitrogens is 12. The summed E-state index contributed by atoms with van der Waals surface area (Å²) in [5.74, 6) is 7.96. The zero-order valence-electron chi connectivity index (χ0n) is 77.5. The number of carboxylic acids is 1. The Morgan fingerprint density at radius 2 is 0.818 bits per heavy atom. The number of aliphatic carboxylic acids is 1. The number of Topliss-reactive ketones (excluding diaryl/α,β-unsaturated/α-hetero) is 1. The fraction of sp³-hybridized carbons (Fsp3) is 0.722. The molecule has 0 saturated heterocycles. The fourth-order valence-corrected chi connectivity index (χ4v) is 13.5. The van der Waals surface area contributed by atoms with Gasteiger partial charge in [-0.3, -0.25) is 19.2 Å². The Bertz CT molecular complexity index is 3870. The number of aryl methyl sites for hydroxylation is 8. The van der Waals surface area contributed by atoms with Gasteiger partial charge >= 0.3 is 17.9 Å². The molecular formula is C90H153Cl6N16O8Pd-. The molecule has 2 aromatic carbocycles. The predicted octanol–water partition coefficient (Wildman–Crippen LogP) is 21.7. The second-order valence-electron chi connectivity index (χ2n) is 37.3. The number of hydrogen-bond acceptors (Lipinski definition) is 19. The second-order valence-corrected chi connectivity index (χ2v) is 41.2. The van der Waals surface area contributed by atoms with Gasteiger partial charge in [-0.1, -0.05) is 200 Å². The Balaban J connectivity index is 0.00000148. The number of nitrogens with two attached hydrogens (primary N) is 2. The van der Waals surface area contributed by atoms with Crippen molar-refractivity contribution in [1.29, 1.82) is 0 Å². The SMILES string of the molecule is CC(C)CCCc1nnc([C@@H](C)CC(=O)OC(C)(C)C)n1C1CC1.CC(C)CCCc1nnc([C@@H](N)CC(=O)OC(C)(C)C)n1C1CC1.CN[C@@H](CC(=O)Cc1ccc(C)cc1C)c1nnc(CCCC(C)(C)C)n1C1CC1.CN[C@@H](CC(=O)O)c1nnc(CCCC(C)(C)C)n1C1CC1.CO.Cc1ccc(N)c(C)c1.ClC(Cl)Cl.ClC(Cl)Cl.[CH3-].[HH].[Pd]. The Hall–Kier alpha value is -4.88. The van der Waals surface area contributed by atoms with Crippen molar-refractivity contribution in [2.75, 3.05) is 26.9 Å². The van der Waals surface area contributed by atoms with Crippen LogP contribution in [0.2, 0.25) is 0 Å². The average molecular weight is 1910 g/mol. The van der Waals surface area contributed by atoms with Crippen LogP contribution in [-0.4, -0.2) is 134 Å². The van der Waals surface area contributed by atoms with Crippen LogP contribution in [0.15, 0.2) is 36.4 Å². The fourth-order valence-electron chi connectivity index (χ4n) is 13.5. The summed E-state index contributed by atoms with van der Waals surface area (Å²) >= 11 is 28.8. The van der Waals surface area contributed by atoms with Gasteiger partial charge in [0.25, 0.3) is 0 Å². The van der Waals surface area contributed by atoms with Gasteiger partial charge in [0, 0.05) is 103 Å². The number of aliphatic hydroxyl groups excluding tert-OH is 1. The summed E-state index contributed by atoms with van der Waals surface area (Å²) in [7, 11) is 4.69. The Labute approximate surface area is 771 Å². The van der Waals surface area contributed by atoms with Gasteiger partial charge in [0.1, 0.15) is 46.1 Å². The van der Waals surface area contributed by atoms with E-state index in [0.29, 0.717) is 66.1 Å². The zero-order valence-corrected chi connectivity index (χ0v) is 83.6. The van der Waals surface area contributed by atoms with E-state index in [4.69, 9.17) is 101 Å². The third kappa shape index (κ3) is 47.0. The van der Waals surface area contributed by atoms with E-state index in [0.717, 1.165) is 154 Å². The van der Waals surface area contributed by atoms with E-state index in [1.165, 1.54) is 61.6 Å². The van der Waals surface area contributed by atoms with Crippen molar-refractivity contribution in [2.45, 2.75) is 374 Å². The van der Waals surface area contributed by atoms with Gasteiger partial charge in [0.15, 0.2) is 26.1 Å². The zero-order chi connectivity index (χ0) is 90.0. The summed E-state index contributed by atoms with van der Waals surface area (Å²) in [5.41, 5.74) is 18.4. The monoisotopic (exact) mass is 1900 g/mol. The minimum atomic E-state index is -0.820. The maximum atomic E-state index is 12.9. The molecule has 0 aliphatic heterocycles. The molecular weight excluding hydrogens is 1750 g/mol. The molecule has 0 bridgehead atoms. The average Bonchev–Trinajstić information content (AvgIpc) is 1.65. The predicted molar refractivity (Wildman–Crippen MR) is 495 cm³/mol. The van der Waals surface area contributed by atoms with E-state index in [-0.39, 0.29) is 77.8 Å². The van der Waals surface area contributed by atoms with Crippen molar-refractivity contribution in [3.63, 3.8) is 0 Å². The van der Waals surface area contributed by atoms with Gasteiger partial charge in [-0.05, 0) is 219 Å². The summed E-state index contributed by atoms with van der Waals surface area (Å²) in [4.78, 5) is 48.1. The molecule has 0 spiro atoms. The molecule has 121 heavy (non-hydrogen) atoms. The molecule has 10 rings (SSSR count). The first-order valence-corrected chi connectivity index (χ1v) is 45.3. The number of ketones is 1. The van der Waals surface area contributed by atoms with Crippen LogP contribution in [-0.2, 0) is 81.2 Å². The third-order valence-corrected chi connectivity index (χ3v) is 19.8. The maximum absolute atomic E-state index is 12.9. The number of carbonyl (C=O) groups excluding carboxylic acids is 3. The first kappa shape index (κ1) is 114.